The minimum Gasteiger partial charge on any atom is -0.324 e. The molecular weight excluding hydrogens is 380 g/mol. The zero-order valence-corrected chi connectivity index (χ0v) is 15.3. The number of hydrogen-bond donors (Lipinski definition) is 1. The molecule has 0 atom stereocenters. The summed E-state index contributed by atoms with van der Waals surface area (Å²) < 4.78 is 28.8. The number of rotatable bonds is 4. The van der Waals surface area contributed by atoms with Crippen LogP contribution in [0.4, 0.5) is 14.5 Å². The van der Waals surface area contributed by atoms with Crippen molar-refractivity contribution in [3.8, 4) is 11.3 Å². The van der Waals surface area contributed by atoms with Gasteiger partial charge in [-0.2, -0.15) is 0 Å². The first-order chi connectivity index (χ1) is 13.9. The van der Waals surface area contributed by atoms with Crippen molar-refractivity contribution < 1.29 is 13.6 Å². The van der Waals surface area contributed by atoms with E-state index in [1.54, 1.807) is 13.0 Å². The fraction of sp³-hybridized carbons (Fsp3) is 0.100. The number of aromatic nitrogens is 4. The van der Waals surface area contributed by atoms with Crippen LogP contribution in [0.15, 0.2) is 59.4 Å². The Morgan fingerprint density at radius 1 is 1.07 bits per heavy atom. The van der Waals surface area contributed by atoms with Gasteiger partial charge in [0.05, 0.1) is 5.69 Å². The summed E-state index contributed by atoms with van der Waals surface area (Å²) >= 11 is 0. The molecule has 0 saturated heterocycles. The van der Waals surface area contributed by atoms with Gasteiger partial charge in [-0.1, -0.05) is 30.3 Å². The highest BCUT2D eigenvalue weighted by Crippen LogP contribution is 2.18. The quantitative estimate of drug-likeness (QED) is 0.576. The molecule has 0 spiro atoms. The monoisotopic (exact) mass is 395 g/mol. The van der Waals surface area contributed by atoms with E-state index in [0.717, 1.165) is 22.4 Å². The van der Waals surface area contributed by atoms with Crippen LogP contribution in [0, 0.1) is 18.6 Å². The molecule has 0 aliphatic heterocycles. The molecule has 0 fully saturated rings. The number of hydrogen-bond acceptors (Lipinski definition) is 4. The maximum absolute atomic E-state index is 13.3. The normalized spacial score (nSPS) is 11.0. The summed E-state index contributed by atoms with van der Waals surface area (Å²) in [4.78, 5) is 29.3. The zero-order chi connectivity index (χ0) is 20.5. The van der Waals surface area contributed by atoms with Gasteiger partial charge >= 0.3 is 5.69 Å². The van der Waals surface area contributed by atoms with Crippen LogP contribution in [0.2, 0.25) is 0 Å². The fourth-order valence-corrected chi connectivity index (χ4v) is 3.02. The van der Waals surface area contributed by atoms with Crippen molar-refractivity contribution in [2.24, 2.45) is 0 Å². The number of benzene rings is 2. The van der Waals surface area contributed by atoms with Gasteiger partial charge in [-0.25, -0.2) is 27.6 Å². The van der Waals surface area contributed by atoms with Crippen LogP contribution in [-0.4, -0.2) is 25.1 Å². The van der Waals surface area contributed by atoms with E-state index < -0.39 is 29.8 Å². The van der Waals surface area contributed by atoms with Crippen LogP contribution < -0.4 is 11.0 Å². The van der Waals surface area contributed by atoms with Crippen molar-refractivity contribution in [1.29, 1.82) is 0 Å². The van der Waals surface area contributed by atoms with Gasteiger partial charge in [0.25, 0.3) is 0 Å². The molecule has 2 aromatic carbocycles. The summed E-state index contributed by atoms with van der Waals surface area (Å²) in [6.45, 7) is 1.25. The smallest absolute Gasteiger partial charge is 0.324 e. The van der Waals surface area contributed by atoms with Crippen LogP contribution in [0.25, 0.3) is 16.9 Å². The van der Waals surface area contributed by atoms with Crippen LogP contribution in [-0.2, 0) is 11.3 Å². The molecule has 146 valence electrons. The number of aryl methyl sites for hydroxylation is 1. The van der Waals surface area contributed by atoms with Crippen molar-refractivity contribution in [2.75, 3.05) is 5.32 Å². The molecule has 2 aromatic heterocycles. The summed E-state index contributed by atoms with van der Waals surface area (Å²) in [5.74, 6) is -1.86. The summed E-state index contributed by atoms with van der Waals surface area (Å²) in [5, 5.41) is 6.55. The lowest BCUT2D eigenvalue weighted by atomic mass is 10.1. The standard InChI is InChI=1S/C20H15F2N5O2/c1-12-23-17(13-5-3-2-4-6-13)10-18-25-26(20(29)27(12)18)11-19(28)24-16-8-14(21)7-15(22)9-16/h2-10H,11H2,1H3,(H,24,28). The third-order valence-corrected chi connectivity index (χ3v) is 4.25. The first kappa shape index (κ1) is 18.5. The molecule has 0 radical (unpaired) electrons. The molecular formula is C20H15F2N5O2. The zero-order valence-electron chi connectivity index (χ0n) is 15.3. The topological polar surface area (TPSA) is 81.3 Å². The van der Waals surface area contributed by atoms with Gasteiger partial charge in [0, 0.05) is 23.4 Å². The predicted molar refractivity (Wildman–Crippen MR) is 102 cm³/mol. The van der Waals surface area contributed by atoms with E-state index in [1.165, 1.54) is 4.40 Å². The molecule has 4 rings (SSSR count). The molecule has 0 saturated carbocycles. The van der Waals surface area contributed by atoms with Crippen molar-refractivity contribution in [1.82, 2.24) is 19.2 Å². The van der Waals surface area contributed by atoms with Crippen molar-refractivity contribution in [3.63, 3.8) is 0 Å². The second kappa shape index (κ2) is 7.27. The molecule has 0 bridgehead atoms. The number of nitrogens with one attached hydrogen (secondary N) is 1. The fourth-order valence-electron chi connectivity index (χ4n) is 3.02. The second-order valence-corrected chi connectivity index (χ2v) is 6.39. The van der Waals surface area contributed by atoms with Crippen molar-refractivity contribution in [2.45, 2.75) is 13.5 Å². The van der Waals surface area contributed by atoms with Gasteiger partial charge < -0.3 is 5.32 Å². The van der Waals surface area contributed by atoms with E-state index in [2.05, 4.69) is 15.4 Å². The Labute approximate surface area is 163 Å². The maximum Gasteiger partial charge on any atom is 0.352 e. The van der Waals surface area contributed by atoms with Crippen LogP contribution in [0.5, 0.6) is 0 Å². The Balaban J connectivity index is 1.64. The Bertz CT molecular complexity index is 1260. The average Bonchev–Trinajstić information content (AvgIpc) is 2.97. The largest absolute Gasteiger partial charge is 0.352 e. The van der Waals surface area contributed by atoms with Gasteiger partial charge in [0.1, 0.15) is 24.0 Å². The van der Waals surface area contributed by atoms with E-state index in [4.69, 9.17) is 0 Å². The van der Waals surface area contributed by atoms with Gasteiger partial charge in [0.2, 0.25) is 5.91 Å². The first-order valence-corrected chi connectivity index (χ1v) is 8.69. The maximum atomic E-state index is 13.3. The average molecular weight is 395 g/mol. The van der Waals surface area contributed by atoms with E-state index >= 15 is 0 Å². The molecule has 1 amide bonds. The molecule has 7 nitrogen and oxygen atoms in total. The molecule has 2 heterocycles. The van der Waals surface area contributed by atoms with Crippen LogP contribution >= 0.6 is 0 Å². The third-order valence-electron chi connectivity index (χ3n) is 4.25. The number of carbonyl (C=O) groups is 1. The highest BCUT2D eigenvalue weighted by atomic mass is 19.1. The Hall–Kier alpha value is -3.88. The SMILES string of the molecule is Cc1nc(-c2ccccc2)cc2nn(CC(=O)Nc3cc(F)cc(F)c3)c(=O)n12. The molecule has 0 aliphatic rings. The Morgan fingerprint density at radius 2 is 1.76 bits per heavy atom. The number of anilines is 1. The van der Waals surface area contributed by atoms with Gasteiger partial charge in [-0.3, -0.25) is 4.79 Å². The second-order valence-electron chi connectivity index (χ2n) is 6.39. The lowest BCUT2D eigenvalue weighted by molar-refractivity contribution is -0.117. The predicted octanol–water partition coefficient (Wildman–Crippen LogP) is 2.78. The third kappa shape index (κ3) is 3.75. The van der Waals surface area contributed by atoms with Gasteiger partial charge in [-0.15, -0.1) is 5.10 Å². The Kier molecular flexibility index (Phi) is 4.63. The van der Waals surface area contributed by atoms with Crippen LogP contribution in [0.1, 0.15) is 5.82 Å². The lowest BCUT2D eigenvalue weighted by Gasteiger charge is -2.05. The molecule has 0 aliphatic carbocycles. The lowest BCUT2D eigenvalue weighted by Crippen LogP contribution is -2.29. The molecule has 29 heavy (non-hydrogen) atoms. The molecule has 1 N–H and O–H groups in total. The minimum atomic E-state index is -0.819. The van der Waals surface area contributed by atoms with E-state index in [1.807, 2.05) is 30.3 Å². The van der Waals surface area contributed by atoms with E-state index in [0.29, 0.717) is 23.2 Å². The number of halogens is 2. The number of carbonyl (C=O) groups excluding carboxylic acids is 1. The molecule has 0 unspecified atom stereocenters. The minimum absolute atomic E-state index is 0.0477. The number of nitrogens with zero attached hydrogens (tertiary/aromatic N) is 4. The summed E-state index contributed by atoms with van der Waals surface area (Å²) in [6.07, 6.45) is 0. The Morgan fingerprint density at radius 3 is 2.45 bits per heavy atom. The number of fused-ring (bicyclic) bond motifs is 1. The van der Waals surface area contributed by atoms with E-state index in [-0.39, 0.29) is 5.69 Å². The first-order valence-electron chi connectivity index (χ1n) is 8.69. The van der Waals surface area contributed by atoms with Crippen molar-refractivity contribution >= 4 is 17.2 Å². The summed E-state index contributed by atoms with van der Waals surface area (Å²) in [6, 6.07) is 13.7. The number of amides is 1. The van der Waals surface area contributed by atoms with Gasteiger partial charge in [0.15, 0.2) is 5.65 Å². The van der Waals surface area contributed by atoms with Gasteiger partial charge in [-0.05, 0) is 19.1 Å². The van der Waals surface area contributed by atoms with E-state index in [9.17, 15) is 18.4 Å². The van der Waals surface area contributed by atoms with Crippen molar-refractivity contribution in [3.05, 3.63) is 82.5 Å². The molecule has 4 aromatic rings. The highest BCUT2D eigenvalue weighted by molar-refractivity contribution is 5.90. The highest BCUT2D eigenvalue weighted by Gasteiger charge is 2.15. The summed E-state index contributed by atoms with van der Waals surface area (Å²) in [5.41, 5.74) is 1.27. The van der Waals surface area contributed by atoms with Crippen LogP contribution in [0.3, 0.4) is 0 Å². The summed E-state index contributed by atoms with van der Waals surface area (Å²) in [7, 11) is 0. The molecule has 9 heteroatoms.